The van der Waals surface area contributed by atoms with E-state index in [4.69, 9.17) is 4.74 Å². The molecule has 0 saturated carbocycles. The SMILES string of the molecule is CCOC(=O)N(C)c1ccc(NC(=O)CC(C)c2ccc(C(F)(F)F)cc2)cc1. The summed E-state index contributed by atoms with van der Waals surface area (Å²) in [5.74, 6) is -0.504. The Hall–Kier alpha value is -3.03. The number of benzene rings is 2. The second-order valence-corrected chi connectivity index (χ2v) is 6.58. The standard InChI is InChI=1S/C21H23F3N2O3/c1-4-29-20(28)26(3)18-11-9-17(10-12-18)25-19(27)13-14(2)15-5-7-16(8-6-15)21(22,23)24/h5-12,14H,4,13H2,1-3H3,(H,25,27). The van der Waals surface area contributed by atoms with Gasteiger partial charge >= 0.3 is 12.3 Å². The summed E-state index contributed by atoms with van der Waals surface area (Å²) in [6.45, 7) is 3.77. The van der Waals surface area contributed by atoms with Crippen LogP contribution in [-0.2, 0) is 15.7 Å². The van der Waals surface area contributed by atoms with Gasteiger partial charge in [0.05, 0.1) is 12.2 Å². The Labute approximate surface area is 167 Å². The van der Waals surface area contributed by atoms with Crippen molar-refractivity contribution in [1.82, 2.24) is 0 Å². The summed E-state index contributed by atoms with van der Waals surface area (Å²) < 4.78 is 42.8. The van der Waals surface area contributed by atoms with Crippen LogP contribution in [0, 0.1) is 0 Å². The number of alkyl halides is 3. The van der Waals surface area contributed by atoms with Gasteiger partial charge in [-0.05, 0) is 54.8 Å². The van der Waals surface area contributed by atoms with Crippen molar-refractivity contribution in [2.45, 2.75) is 32.4 Å². The first-order valence-corrected chi connectivity index (χ1v) is 9.09. The summed E-state index contributed by atoms with van der Waals surface area (Å²) in [6, 6.07) is 11.5. The molecule has 1 unspecified atom stereocenters. The number of anilines is 2. The van der Waals surface area contributed by atoms with Crippen LogP contribution >= 0.6 is 0 Å². The predicted octanol–water partition coefficient (Wildman–Crippen LogP) is 5.43. The van der Waals surface area contributed by atoms with Crippen LogP contribution in [0.1, 0.15) is 37.3 Å². The molecule has 0 bridgehead atoms. The van der Waals surface area contributed by atoms with E-state index in [9.17, 15) is 22.8 Å². The lowest BCUT2D eigenvalue weighted by molar-refractivity contribution is -0.137. The average molecular weight is 408 g/mol. The highest BCUT2D eigenvalue weighted by atomic mass is 19.4. The number of hydrogen-bond acceptors (Lipinski definition) is 3. The largest absolute Gasteiger partial charge is 0.449 e. The zero-order chi connectivity index (χ0) is 21.6. The van der Waals surface area contributed by atoms with E-state index < -0.39 is 17.8 Å². The first kappa shape index (κ1) is 22.3. The van der Waals surface area contributed by atoms with Gasteiger partial charge < -0.3 is 10.1 Å². The molecule has 1 N–H and O–H groups in total. The van der Waals surface area contributed by atoms with E-state index in [0.717, 1.165) is 12.1 Å². The molecule has 156 valence electrons. The third-order valence-corrected chi connectivity index (χ3v) is 4.38. The zero-order valence-corrected chi connectivity index (χ0v) is 16.4. The zero-order valence-electron chi connectivity index (χ0n) is 16.4. The molecular weight excluding hydrogens is 385 g/mol. The Bertz CT molecular complexity index is 834. The number of carbonyl (C=O) groups is 2. The first-order chi connectivity index (χ1) is 13.6. The van der Waals surface area contributed by atoms with Crippen LogP contribution in [0.4, 0.5) is 29.3 Å². The van der Waals surface area contributed by atoms with Gasteiger partial charge in [-0.3, -0.25) is 9.69 Å². The van der Waals surface area contributed by atoms with Crippen molar-refractivity contribution >= 4 is 23.4 Å². The minimum Gasteiger partial charge on any atom is -0.449 e. The molecule has 0 fully saturated rings. The molecule has 0 radical (unpaired) electrons. The molecule has 2 aromatic carbocycles. The van der Waals surface area contributed by atoms with Gasteiger partial charge in [-0.1, -0.05) is 19.1 Å². The van der Waals surface area contributed by atoms with Gasteiger partial charge in [-0.25, -0.2) is 4.79 Å². The molecule has 2 aromatic rings. The Balaban J connectivity index is 1.94. The maximum absolute atomic E-state index is 12.6. The van der Waals surface area contributed by atoms with Crippen LogP contribution in [0.3, 0.4) is 0 Å². The Morgan fingerprint density at radius 3 is 2.17 bits per heavy atom. The van der Waals surface area contributed by atoms with Crippen molar-refractivity contribution in [3.8, 4) is 0 Å². The molecule has 1 atom stereocenters. The molecule has 5 nitrogen and oxygen atoms in total. The number of nitrogens with zero attached hydrogens (tertiary/aromatic N) is 1. The van der Waals surface area contributed by atoms with Gasteiger partial charge in [0.1, 0.15) is 0 Å². The van der Waals surface area contributed by atoms with Crippen molar-refractivity contribution < 1.29 is 27.5 Å². The Morgan fingerprint density at radius 1 is 1.07 bits per heavy atom. The van der Waals surface area contributed by atoms with E-state index >= 15 is 0 Å². The quantitative estimate of drug-likeness (QED) is 0.693. The predicted molar refractivity (Wildman–Crippen MR) is 105 cm³/mol. The van der Waals surface area contributed by atoms with Gasteiger partial charge in [0.25, 0.3) is 0 Å². The van der Waals surface area contributed by atoms with Gasteiger partial charge in [0, 0.05) is 24.8 Å². The highest BCUT2D eigenvalue weighted by Gasteiger charge is 2.30. The molecule has 8 heteroatoms. The Morgan fingerprint density at radius 2 is 1.66 bits per heavy atom. The third-order valence-electron chi connectivity index (χ3n) is 4.38. The summed E-state index contributed by atoms with van der Waals surface area (Å²) >= 11 is 0. The number of nitrogens with one attached hydrogen (secondary N) is 1. The van der Waals surface area contributed by atoms with E-state index in [-0.39, 0.29) is 24.9 Å². The molecule has 0 spiro atoms. The molecule has 29 heavy (non-hydrogen) atoms. The molecule has 2 amide bonds. The summed E-state index contributed by atoms with van der Waals surface area (Å²) in [5, 5.41) is 2.75. The Kier molecular flexibility index (Phi) is 7.25. The number of rotatable bonds is 6. The molecular formula is C21H23F3N2O3. The number of ether oxygens (including phenoxy) is 1. The van der Waals surface area contributed by atoms with Crippen molar-refractivity contribution in [1.29, 1.82) is 0 Å². The van der Waals surface area contributed by atoms with E-state index in [0.29, 0.717) is 16.9 Å². The van der Waals surface area contributed by atoms with Gasteiger partial charge in [0.2, 0.25) is 5.91 Å². The van der Waals surface area contributed by atoms with Gasteiger partial charge in [-0.2, -0.15) is 13.2 Å². The van der Waals surface area contributed by atoms with Crippen LogP contribution in [0.2, 0.25) is 0 Å². The second-order valence-electron chi connectivity index (χ2n) is 6.58. The molecule has 0 aromatic heterocycles. The lowest BCUT2D eigenvalue weighted by Gasteiger charge is -2.17. The van der Waals surface area contributed by atoms with Crippen LogP contribution in [0.25, 0.3) is 0 Å². The lowest BCUT2D eigenvalue weighted by Crippen LogP contribution is -2.26. The topological polar surface area (TPSA) is 58.6 Å². The second kappa shape index (κ2) is 9.45. The summed E-state index contributed by atoms with van der Waals surface area (Å²) in [6.07, 6.45) is -4.74. The van der Waals surface area contributed by atoms with E-state index in [2.05, 4.69) is 5.32 Å². The molecule has 0 aliphatic heterocycles. The fraction of sp³-hybridized carbons (Fsp3) is 0.333. The number of halogens is 3. The van der Waals surface area contributed by atoms with E-state index in [1.54, 1.807) is 45.2 Å². The fourth-order valence-corrected chi connectivity index (χ4v) is 2.70. The number of hydrogen-bond donors (Lipinski definition) is 1. The smallest absolute Gasteiger partial charge is 0.416 e. The molecule has 0 saturated heterocycles. The van der Waals surface area contributed by atoms with Crippen LogP contribution in [0.5, 0.6) is 0 Å². The summed E-state index contributed by atoms with van der Waals surface area (Å²) in [7, 11) is 1.58. The van der Waals surface area contributed by atoms with Crippen molar-refractivity contribution in [2.75, 3.05) is 23.9 Å². The highest BCUT2D eigenvalue weighted by molar-refractivity contribution is 5.92. The normalized spacial score (nSPS) is 12.2. The van der Waals surface area contributed by atoms with Gasteiger partial charge in [0.15, 0.2) is 0 Å². The fourth-order valence-electron chi connectivity index (χ4n) is 2.70. The van der Waals surface area contributed by atoms with Crippen LogP contribution in [0.15, 0.2) is 48.5 Å². The highest BCUT2D eigenvalue weighted by Crippen LogP contribution is 2.30. The minimum absolute atomic E-state index is 0.121. The molecule has 0 aliphatic rings. The monoisotopic (exact) mass is 408 g/mol. The van der Waals surface area contributed by atoms with Gasteiger partial charge in [-0.15, -0.1) is 0 Å². The average Bonchev–Trinajstić information content (AvgIpc) is 2.67. The van der Waals surface area contributed by atoms with Crippen LogP contribution in [-0.4, -0.2) is 25.7 Å². The third kappa shape index (κ3) is 6.23. The van der Waals surface area contributed by atoms with E-state index in [1.165, 1.54) is 17.0 Å². The minimum atomic E-state index is -4.38. The van der Waals surface area contributed by atoms with Crippen molar-refractivity contribution in [3.63, 3.8) is 0 Å². The summed E-state index contributed by atoms with van der Waals surface area (Å²) in [5.41, 5.74) is 1.10. The number of carbonyl (C=O) groups excluding carboxylic acids is 2. The van der Waals surface area contributed by atoms with Crippen molar-refractivity contribution in [3.05, 3.63) is 59.7 Å². The molecule has 0 heterocycles. The van der Waals surface area contributed by atoms with Crippen molar-refractivity contribution in [2.24, 2.45) is 0 Å². The van der Waals surface area contributed by atoms with Crippen LogP contribution < -0.4 is 10.2 Å². The van der Waals surface area contributed by atoms with E-state index in [1.807, 2.05) is 0 Å². The maximum Gasteiger partial charge on any atom is 0.416 e. The maximum atomic E-state index is 12.6. The number of amides is 2. The molecule has 0 aliphatic carbocycles. The first-order valence-electron chi connectivity index (χ1n) is 9.09. The molecule has 2 rings (SSSR count). The lowest BCUT2D eigenvalue weighted by atomic mass is 9.96. The summed E-state index contributed by atoms with van der Waals surface area (Å²) in [4.78, 5) is 25.3.